The fraction of sp³-hybridized carbons (Fsp3) is 0.857. The highest BCUT2D eigenvalue weighted by molar-refractivity contribution is 5.80. The molecule has 0 unspecified atom stereocenters. The fourth-order valence-corrected chi connectivity index (χ4v) is 2.89. The Morgan fingerprint density at radius 2 is 1.19 bits per heavy atom. The maximum atomic E-state index is 10.8. The number of halogens is 1. The second kappa shape index (κ2) is 19.2. The third kappa shape index (κ3) is 23.4. The van der Waals surface area contributed by atoms with Crippen molar-refractivity contribution in [2.75, 3.05) is 34.2 Å². The summed E-state index contributed by atoms with van der Waals surface area (Å²) in [6, 6.07) is 0. The Bertz CT molecular complexity index is 330. The molecular formula is C21H43ClN2O2. The van der Waals surface area contributed by atoms with Gasteiger partial charge in [0.25, 0.3) is 0 Å². The van der Waals surface area contributed by atoms with Crippen LogP contribution in [0.15, 0.2) is 12.7 Å². The van der Waals surface area contributed by atoms with Crippen LogP contribution in [0.25, 0.3) is 0 Å². The van der Waals surface area contributed by atoms with E-state index < -0.39 is 5.97 Å². The molecule has 0 amide bonds. The summed E-state index contributed by atoms with van der Waals surface area (Å²) in [6.45, 7) is 5.38. The molecular weight excluding hydrogens is 348 g/mol. The molecule has 26 heavy (non-hydrogen) atoms. The van der Waals surface area contributed by atoms with Gasteiger partial charge in [-0.3, -0.25) is 0 Å². The normalized spacial score (nSPS) is 11.0. The van der Waals surface area contributed by atoms with Crippen LogP contribution in [-0.4, -0.2) is 44.7 Å². The van der Waals surface area contributed by atoms with E-state index in [1.165, 1.54) is 89.7 Å². The molecule has 0 fully saturated rings. The summed E-state index contributed by atoms with van der Waals surface area (Å²) in [5.41, 5.74) is 2.67. The van der Waals surface area contributed by atoms with Gasteiger partial charge in [0.05, 0.1) is 27.7 Å². The summed E-state index contributed by atoms with van der Waals surface area (Å²) in [5.74, 6) is -0.413. The van der Waals surface area contributed by atoms with E-state index in [9.17, 15) is 4.79 Å². The Hall–Kier alpha value is -0.580. The Morgan fingerprint density at radius 1 is 0.808 bits per heavy atom. The van der Waals surface area contributed by atoms with Gasteiger partial charge in [0.15, 0.2) is 0 Å². The lowest BCUT2D eigenvalue weighted by molar-refractivity contribution is -0.870. The zero-order valence-corrected chi connectivity index (χ0v) is 18.3. The van der Waals surface area contributed by atoms with Gasteiger partial charge in [-0.05, 0) is 19.3 Å². The van der Waals surface area contributed by atoms with E-state index in [0.717, 1.165) is 17.4 Å². The van der Waals surface area contributed by atoms with Crippen LogP contribution in [0.4, 0.5) is 0 Å². The number of unbranched alkanes of at least 4 members (excludes halogenated alkanes) is 12. The monoisotopic (exact) mass is 390 g/mol. The highest BCUT2D eigenvalue weighted by Crippen LogP contribution is 2.12. The largest absolute Gasteiger partial charge is 1.00 e. The minimum atomic E-state index is -0.413. The first kappa shape index (κ1) is 27.6. The van der Waals surface area contributed by atoms with E-state index in [4.69, 9.17) is 4.84 Å². The van der Waals surface area contributed by atoms with E-state index in [1.54, 1.807) is 0 Å². The molecule has 0 spiro atoms. The van der Waals surface area contributed by atoms with Gasteiger partial charge in [-0.1, -0.05) is 70.8 Å². The number of quaternary nitrogens is 1. The number of hydroxylamine groups is 1. The molecule has 156 valence electrons. The molecule has 0 saturated heterocycles. The standard InChI is InChI=1S/C21H43N2O2.ClH/c1-5-21(24)25-22-19-17-15-13-11-9-7-6-8-10-12-14-16-18-20-23(2,3)4;/h5,22H,1,6-20H2,2-4H3;1H/q+1;/p-1. The molecule has 0 aliphatic heterocycles. The van der Waals surface area contributed by atoms with E-state index >= 15 is 0 Å². The summed E-state index contributed by atoms with van der Waals surface area (Å²) in [4.78, 5) is 15.5. The zero-order chi connectivity index (χ0) is 18.8. The minimum absolute atomic E-state index is 0. The number of hydrogen-bond acceptors (Lipinski definition) is 3. The van der Waals surface area contributed by atoms with Crippen LogP contribution < -0.4 is 17.9 Å². The molecule has 0 aromatic heterocycles. The van der Waals surface area contributed by atoms with Crippen LogP contribution in [0.2, 0.25) is 0 Å². The Morgan fingerprint density at radius 3 is 1.58 bits per heavy atom. The number of nitrogens with one attached hydrogen (secondary N) is 1. The van der Waals surface area contributed by atoms with Gasteiger partial charge in [-0.15, -0.1) is 0 Å². The van der Waals surface area contributed by atoms with Crippen molar-refractivity contribution in [3.05, 3.63) is 12.7 Å². The number of carbonyl (C=O) groups excluding carboxylic acids is 1. The lowest BCUT2D eigenvalue weighted by Crippen LogP contribution is -3.00. The third-order valence-corrected chi connectivity index (χ3v) is 4.45. The van der Waals surface area contributed by atoms with Gasteiger partial charge < -0.3 is 21.7 Å². The molecule has 5 heteroatoms. The van der Waals surface area contributed by atoms with Crippen LogP contribution in [0.5, 0.6) is 0 Å². The molecule has 0 aliphatic carbocycles. The van der Waals surface area contributed by atoms with E-state index in [-0.39, 0.29) is 12.4 Å². The van der Waals surface area contributed by atoms with Crippen LogP contribution in [0.1, 0.15) is 83.5 Å². The fourth-order valence-electron chi connectivity index (χ4n) is 2.89. The summed E-state index contributed by atoms with van der Waals surface area (Å²) >= 11 is 0. The lowest BCUT2D eigenvalue weighted by Gasteiger charge is -2.23. The van der Waals surface area contributed by atoms with Gasteiger partial charge in [0, 0.05) is 12.6 Å². The molecule has 0 rings (SSSR count). The number of hydrogen-bond donors (Lipinski definition) is 1. The van der Waals surface area contributed by atoms with Crippen molar-refractivity contribution in [3.8, 4) is 0 Å². The second-order valence-electron chi connectivity index (χ2n) is 8.13. The predicted molar refractivity (Wildman–Crippen MR) is 107 cm³/mol. The highest BCUT2D eigenvalue weighted by Gasteiger charge is 2.04. The molecule has 0 aromatic carbocycles. The molecule has 0 heterocycles. The van der Waals surface area contributed by atoms with E-state index in [0.29, 0.717) is 0 Å². The minimum Gasteiger partial charge on any atom is -1.00 e. The van der Waals surface area contributed by atoms with Crippen molar-refractivity contribution in [3.63, 3.8) is 0 Å². The van der Waals surface area contributed by atoms with Crippen molar-refractivity contribution in [1.82, 2.24) is 5.48 Å². The maximum Gasteiger partial charge on any atom is 0.348 e. The summed E-state index contributed by atoms with van der Waals surface area (Å²) < 4.78 is 1.10. The van der Waals surface area contributed by atoms with Crippen LogP contribution >= 0.6 is 0 Å². The molecule has 0 radical (unpaired) electrons. The molecule has 0 atom stereocenters. The molecule has 0 aromatic rings. The second-order valence-corrected chi connectivity index (χ2v) is 8.13. The third-order valence-electron chi connectivity index (χ3n) is 4.45. The summed E-state index contributed by atoms with van der Waals surface area (Å²) in [5, 5.41) is 0. The van der Waals surface area contributed by atoms with Crippen LogP contribution in [0.3, 0.4) is 0 Å². The van der Waals surface area contributed by atoms with Gasteiger partial charge in [-0.25, -0.2) is 4.79 Å². The topological polar surface area (TPSA) is 38.3 Å². The van der Waals surface area contributed by atoms with Gasteiger partial charge in [-0.2, -0.15) is 5.48 Å². The average Bonchev–Trinajstić information content (AvgIpc) is 2.56. The zero-order valence-electron chi connectivity index (χ0n) is 17.5. The Labute approximate surface area is 168 Å². The van der Waals surface area contributed by atoms with Crippen molar-refractivity contribution in [2.45, 2.75) is 83.5 Å². The van der Waals surface area contributed by atoms with Crippen molar-refractivity contribution in [2.24, 2.45) is 0 Å². The van der Waals surface area contributed by atoms with Crippen LogP contribution in [-0.2, 0) is 9.63 Å². The summed E-state index contributed by atoms with van der Waals surface area (Å²) in [6.07, 6.45) is 18.6. The maximum absolute atomic E-state index is 10.8. The highest BCUT2D eigenvalue weighted by atomic mass is 35.5. The van der Waals surface area contributed by atoms with Gasteiger partial charge in [0.2, 0.25) is 0 Å². The number of rotatable bonds is 18. The molecule has 0 aliphatic rings. The molecule has 1 N–H and O–H groups in total. The first-order valence-corrected chi connectivity index (χ1v) is 10.3. The van der Waals surface area contributed by atoms with E-state index in [1.807, 2.05) is 0 Å². The SMILES string of the molecule is C=CC(=O)ONCCCCCCCCCCCCCCC[N+](C)(C)C.[Cl-]. The smallest absolute Gasteiger partial charge is 0.348 e. The first-order chi connectivity index (χ1) is 12.0. The predicted octanol–water partition coefficient (Wildman–Crippen LogP) is 2.00. The molecule has 0 bridgehead atoms. The first-order valence-electron chi connectivity index (χ1n) is 10.3. The van der Waals surface area contributed by atoms with Crippen molar-refractivity contribution >= 4 is 5.97 Å². The lowest BCUT2D eigenvalue weighted by atomic mass is 10.0. The summed E-state index contributed by atoms with van der Waals surface area (Å²) in [7, 11) is 6.83. The van der Waals surface area contributed by atoms with Crippen LogP contribution in [0, 0.1) is 0 Å². The van der Waals surface area contributed by atoms with E-state index in [2.05, 4.69) is 33.2 Å². The Kier molecular flexibility index (Phi) is 20.4. The molecule has 4 nitrogen and oxygen atoms in total. The van der Waals surface area contributed by atoms with Gasteiger partial charge >= 0.3 is 5.97 Å². The molecule has 0 saturated carbocycles. The Balaban J connectivity index is 0. The van der Waals surface area contributed by atoms with Crippen molar-refractivity contribution in [1.29, 1.82) is 0 Å². The number of nitrogens with zero attached hydrogens (tertiary/aromatic N) is 1. The average molecular weight is 391 g/mol. The quantitative estimate of drug-likeness (QED) is 0.168. The number of carbonyl (C=O) groups is 1. The van der Waals surface area contributed by atoms with Gasteiger partial charge in [0.1, 0.15) is 0 Å². The van der Waals surface area contributed by atoms with Crippen molar-refractivity contribution < 1.29 is 26.5 Å².